The Morgan fingerprint density at radius 2 is 2.17 bits per heavy atom. The van der Waals surface area contributed by atoms with Gasteiger partial charge in [0.1, 0.15) is 10.7 Å². The minimum absolute atomic E-state index is 0.0262. The summed E-state index contributed by atoms with van der Waals surface area (Å²) in [5.74, 6) is 1.21. The average Bonchev–Trinajstić information content (AvgIpc) is 3.30. The minimum Gasteiger partial charge on any atom is -0.376 e. The van der Waals surface area contributed by atoms with Crippen molar-refractivity contribution in [3.05, 3.63) is 26.6 Å². The molecule has 0 spiro atoms. The Kier molecular flexibility index (Phi) is 5.80. The second kappa shape index (κ2) is 8.19. The van der Waals surface area contributed by atoms with Crippen LogP contribution in [-0.4, -0.2) is 35.1 Å². The lowest BCUT2D eigenvalue weighted by Gasteiger charge is -2.33. The summed E-state index contributed by atoms with van der Waals surface area (Å²) in [5, 5.41) is 3.69. The van der Waals surface area contributed by atoms with Crippen LogP contribution in [0.3, 0.4) is 0 Å². The van der Waals surface area contributed by atoms with Crippen molar-refractivity contribution < 1.29 is 9.53 Å². The van der Waals surface area contributed by atoms with Crippen molar-refractivity contribution in [2.75, 3.05) is 13.2 Å². The van der Waals surface area contributed by atoms with Crippen LogP contribution in [0.2, 0.25) is 0 Å². The van der Waals surface area contributed by atoms with Crippen molar-refractivity contribution in [2.45, 2.75) is 71.8 Å². The maximum Gasteiger partial charge on any atom is 0.259 e. The maximum absolute atomic E-state index is 12.7. The summed E-state index contributed by atoms with van der Waals surface area (Å²) < 4.78 is 5.53. The Morgan fingerprint density at radius 1 is 1.34 bits per heavy atom. The second-order valence-corrected chi connectivity index (χ2v) is 10.5. The largest absolute Gasteiger partial charge is 0.376 e. The molecule has 1 aliphatic carbocycles. The number of hydrogen-bond acceptors (Lipinski definition) is 5. The number of aromatic amines is 1. The van der Waals surface area contributed by atoms with Crippen molar-refractivity contribution in [3.8, 4) is 0 Å². The van der Waals surface area contributed by atoms with Crippen molar-refractivity contribution in [2.24, 2.45) is 11.3 Å². The lowest BCUT2D eigenvalue weighted by atomic mass is 9.72. The molecular formula is C22H31N3O3S. The number of ether oxygens (including phenoxy) is 1. The molecule has 2 N–H and O–H groups in total. The Bertz CT molecular complexity index is 951. The number of hydrogen-bond donors (Lipinski definition) is 2. The monoisotopic (exact) mass is 417 g/mol. The van der Waals surface area contributed by atoms with E-state index >= 15 is 0 Å². The Hall–Kier alpha value is -1.73. The summed E-state index contributed by atoms with van der Waals surface area (Å²) in [5.41, 5.74) is 1.41. The van der Waals surface area contributed by atoms with Crippen LogP contribution >= 0.6 is 11.3 Å². The molecule has 0 unspecified atom stereocenters. The van der Waals surface area contributed by atoms with Crippen LogP contribution in [-0.2, 0) is 28.8 Å². The summed E-state index contributed by atoms with van der Waals surface area (Å²) >= 11 is 1.66. The molecule has 2 atom stereocenters. The first-order valence-electron chi connectivity index (χ1n) is 10.7. The van der Waals surface area contributed by atoms with Gasteiger partial charge in [0, 0.05) is 30.9 Å². The van der Waals surface area contributed by atoms with Gasteiger partial charge >= 0.3 is 0 Å². The molecule has 2 aromatic rings. The molecular weight excluding hydrogens is 386 g/mol. The Balaban J connectivity index is 1.44. The lowest BCUT2D eigenvalue weighted by molar-refractivity contribution is -0.121. The highest BCUT2D eigenvalue weighted by Crippen LogP contribution is 2.41. The molecule has 158 valence electrons. The highest BCUT2D eigenvalue weighted by molar-refractivity contribution is 7.18. The molecule has 1 saturated heterocycles. The van der Waals surface area contributed by atoms with E-state index in [9.17, 15) is 9.59 Å². The summed E-state index contributed by atoms with van der Waals surface area (Å²) in [6.45, 7) is 8.23. The number of rotatable bonds is 5. The summed E-state index contributed by atoms with van der Waals surface area (Å²) in [6, 6.07) is 0. The molecule has 29 heavy (non-hydrogen) atoms. The van der Waals surface area contributed by atoms with Crippen LogP contribution in [0.4, 0.5) is 0 Å². The summed E-state index contributed by atoms with van der Waals surface area (Å²) in [7, 11) is 0. The highest BCUT2D eigenvalue weighted by atomic mass is 32.1. The third-order valence-corrected chi connectivity index (χ3v) is 7.48. The van der Waals surface area contributed by atoms with E-state index in [1.54, 1.807) is 11.3 Å². The normalized spacial score (nSPS) is 22.0. The van der Waals surface area contributed by atoms with Crippen LogP contribution in [0.5, 0.6) is 0 Å². The summed E-state index contributed by atoms with van der Waals surface area (Å²) in [4.78, 5) is 34.6. The average molecular weight is 418 g/mol. The second-order valence-electron chi connectivity index (χ2n) is 9.44. The number of nitrogens with zero attached hydrogens (tertiary/aromatic N) is 1. The number of amides is 1. The molecule has 0 saturated carbocycles. The van der Waals surface area contributed by atoms with Gasteiger partial charge in [-0.25, -0.2) is 4.98 Å². The van der Waals surface area contributed by atoms with Gasteiger partial charge in [-0.05, 0) is 49.0 Å². The standard InChI is InChI=1S/C22H31N3O3S/c1-22(2,3)13-6-7-15-16(11-13)29-21-19(15)20(27)24-17(25-21)8-9-18(26)23-12-14-5-4-10-28-14/h13-14H,4-12H2,1-3H3,(H,23,26)(H,24,25,27)/t13-,14+/m0/s1. The number of H-pyrrole nitrogens is 1. The molecule has 2 aliphatic rings. The van der Waals surface area contributed by atoms with Gasteiger partial charge in [0.15, 0.2) is 0 Å². The van der Waals surface area contributed by atoms with E-state index in [4.69, 9.17) is 9.72 Å². The number of aromatic nitrogens is 2. The lowest BCUT2D eigenvalue weighted by Crippen LogP contribution is -2.32. The highest BCUT2D eigenvalue weighted by Gasteiger charge is 2.31. The van der Waals surface area contributed by atoms with Crippen LogP contribution in [0.1, 0.15) is 62.7 Å². The fourth-order valence-electron chi connectivity index (χ4n) is 4.44. The van der Waals surface area contributed by atoms with E-state index in [0.29, 0.717) is 31.1 Å². The molecule has 0 aromatic carbocycles. The van der Waals surface area contributed by atoms with Gasteiger partial charge in [0.25, 0.3) is 5.56 Å². The van der Waals surface area contributed by atoms with Crippen LogP contribution < -0.4 is 10.9 Å². The van der Waals surface area contributed by atoms with Gasteiger partial charge in [-0.15, -0.1) is 11.3 Å². The van der Waals surface area contributed by atoms with Gasteiger partial charge in [-0.3, -0.25) is 9.59 Å². The van der Waals surface area contributed by atoms with E-state index < -0.39 is 0 Å². The molecule has 0 radical (unpaired) electrons. The SMILES string of the molecule is CC(C)(C)[C@H]1CCc2c(sc3nc(CCC(=O)NC[C@H]4CCCO4)[nH]c(=O)c23)C1. The number of carbonyl (C=O) groups excluding carboxylic acids is 1. The third-order valence-electron chi connectivity index (χ3n) is 6.33. The molecule has 0 bridgehead atoms. The maximum atomic E-state index is 12.7. The number of nitrogens with one attached hydrogen (secondary N) is 2. The third kappa shape index (κ3) is 4.56. The van der Waals surface area contributed by atoms with E-state index in [1.807, 2.05) is 0 Å². The topological polar surface area (TPSA) is 84.1 Å². The number of aryl methyl sites for hydroxylation is 2. The number of fused-ring (bicyclic) bond motifs is 3. The zero-order chi connectivity index (χ0) is 20.6. The Labute approximate surface area is 175 Å². The fraction of sp³-hybridized carbons (Fsp3) is 0.682. The van der Waals surface area contributed by atoms with E-state index in [1.165, 1.54) is 10.4 Å². The van der Waals surface area contributed by atoms with Crippen molar-refractivity contribution in [1.29, 1.82) is 0 Å². The summed E-state index contributed by atoms with van der Waals surface area (Å²) in [6.07, 6.45) is 6.07. The molecule has 7 heteroatoms. The zero-order valence-corrected chi connectivity index (χ0v) is 18.4. The fourth-order valence-corrected chi connectivity index (χ4v) is 5.76. The molecule has 3 heterocycles. The number of thiophene rings is 1. The molecule has 1 aliphatic heterocycles. The van der Waals surface area contributed by atoms with Gasteiger partial charge in [-0.1, -0.05) is 20.8 Å². The van der Waals surface area contributed by atoms with Gasteiger partial charge in [0.2, 0.25) is 5.91 Å². The van der Waals surface area contributed by atoms with Crippen molar-refractivity contribution >= 4 is 27.5 Å². The first-order chi connectivity index (χ1) is 13.8. The zero-order valence-electron chi connectivity index (χ0n) is 17.6. The van der Waals surface area contributed by atoms with Crippen LogP contribution in [0, 0.1) is 11.3 Å². The first kappa shape index (κ1) is 20.5. The van der Waals surface area contributed by atoms with Crippen LogP contribution in [0.15, 0.2) is 4.79 Å². The number of carbonyl (C=O) groups is 1. The predicted octanol–water partition coefficient (Wildman–Crippen LogP) is 3.36. The predicted molar refractivity (Wildman–Crippen MR) is 116 cm³/mol. The molecule has 1 fully saturated rings. The van der Waals surface area contributed by atoms with Gasteiger partial charge in [-0.2, -0.15) is 0 Å². The molecule has 2 aromatic heterocycles. The quantitative estimate of drug-likeness (QED) is 0.781. The van der Waals surface area contributed by atoms with Crippen molar-refractivity contribution in [1.82, 2.24) is 15.3 Å². The van der Waals surface area contributed by atoms with E-state index in [-0.39, 0.29) is 23.0 Å². The van der Waals surface area contributed by atoms with Gasteiger partial charge < -0.3 is 15.0 Å². The first-order valence-corrected chi connectivity index (χ1v) is 11.5. The van der Waals surface area contributed by atoms with E-state index in [0.717, 1.165) is 48.9 Å². The molecule has 4 rings (SSSR count). The van der Waals surface area contributed by atoms with Crippen LogP contribution in [0.25, 0.3) is 10.2 Å². The minimum atomic E-state index is -0.0588. The van der Waals surface area contributed by atoms with Gasteiger partial charge in [0.05, 0.1) is 11.5 Å². The molecule has 1 amide bonds. The smallest absolute Gasteiger partial charge is 0.259 e. The molecule has 6 nitrogen and oxygen atoms in total. The van der Waals surface area contributed by atoms with E-state index in [2.05, 4.69) is 31.1 Å². The van der Waals surface area contributed by atoms with Crippen molar-refractivity contribution in [3.63, 3.8) is 0 Å². The Morgan fingerprint density at radius 3 is 2.90 bits per heavy atom.